The van der Waals surface area contributed by atoms with Gasteiger partial charge in [-0.05, 0) is 31.7 Å². The lowest BCUT2D eigenvalue weighted by Gasteiger charge is -2.33. The molecule has 1 heterocycles. The molecule has 1 aromatic carbocycles. The number of rotatable bonds is 6. The van der Waals surface area contributed by atoms with Gasteiger partial charge in [0.1, 0.15) is 0 Å². The predicted octanol–water partition coefficient (Wildman–Crippen LogP) is 2.08. The van der Waals surface area contributed by atoms with E-state index in [9.17, 15) is 13.2 Å². The average molecular weight is 368 g/mol. The Morgan fingerprint density at radius 3 is 2.52 bits per heavy atom. The van der Waals surface area contributed by atoms with Gasteiger partial charge < -0.3 is 5.32 Å². The average Bonchev–Trinajstić information content (AvgIpc) is 2.60. The van der Waals surface area contributed by atoms with Crippen LogP contribution in [0.25, 0.3) is 0 Å². The molecule has 1 saturated heterocycles. The van der Waals surface area contributed by atoms with Crippen molar-refractivity contribution in [3.63, 3.8) is 0 Å². The van der Waals surface area contributed by atoms with Crippen LogP contribution in [0.4, 0.5) is 0 Å². The Kier molecular flexibility index (Phi) is 6.59. The summed E-state index contributed by atoms with van der Waals surface area (Å²) in [6.45, 7) is 4.79. The van der Waals surface area contributed by atoms with E-state index in [1.165, 1.54) is 28.3 Å². The molecule has 0 aromatic heterocycles. The Morgan fingerprint density at radius 2 is 1.96 bits per heavy atom. The van der Waals surface area contributed by atoms with Crippen LogP contribution in [0.5, 0.6) is 0 Å². The molecule has 0 saturated carbocycles. The number of aryl methyl sites for hydroxylation is 1. The largest absolute Gasteiger partial charge is 0.349 e. The number of amides is 1. The maximum absolute atomic E-state index is 12.7. The quantitative estimate of drug-likeness (QED) is 0.837. The van der Waals surface area contributed by atoms with Gasteiger partial charge in [0.05, 0.1) is 12.0 Å². The fourth-order valence-electron chi connectivity index (χ4n) is 3.11. The second kappa shape index (κ2) is 8.29. The van der Waals surface area contributed by atoms with Crippen LogP contribution >= 0.6 is 0 Å². The Hall–Kier alpha value is -1.44. The van der Waals surface area contributed by atoms with Crippen LogP contribution in [-0.4, -0.2) is 50.1 Å². The normalized spacial score (nSPS) is 20.4. The van der Waals surface area contributed by atoms with Crippen molar-refractivity contribution in [2.45, 2.75) is 39.2 Å². The Morgan fingerprint density at radius 1 is 1.32 bits per heavy atom. The van der Waals surface area contributed by atoms with E-state index in [2.05, 4.69) is 5.32 Å². The van der Waals surface area contributed by atoms with Crippen molar-refractivity contribution in [2.24, 2.45) is 5.92 Å². The van der Waals surface area contributed by atoms with Gasteiger partial charge in [-0.15, -0.1) is 0 Å². The SMILES string of the molecule is CC[C@H](NC(=O)[C@@H]1CCCN(S(=O)(=O)N(C)C)C1)c1ccc(C)cc1. The van der Waals surface area contributed by atoms with Crippen molar-refractivity contribution < 1.29 is 13.2 Å². The number of benzene rings is 1. The predicted molar refractivity (Wildman–Crippen MR) is 99.3 cm³/mol. The van der Waals surface area contributed by atoms with E-state index >= 15 is 0 Å². The van der Waals surface area contributed by atoms with Crippen LogP contribution in [0.15, 0.2) is 24.3 Å². The maximum Gasteiger partial charge on any atom is 0.281 e. The number of nitrogens with one attached hydrogen (secondary N) is 1. The zero-order valence-corrected chi connectivity index (χ0v) is 16.3. The van der Waals surface area contributed by atoms with Crippen molar-refractivity contribution in [1.82, 2.24) is 13.9 Å². The zero-order chi connectivity index (χ0) is 18.6. The van der Waals surface area contributed by atoms with Crippen molar-refractivity contribution in [1.29, 1.82) is 0 Å². The van der Waals surface area contributed by atoms with Crippen LogP contribution in [0.2, 0.25) is 0 Å². The highest BCUT2D eigenvalue weighted by atomic mass is 32.2. The van der Waals surface area contributed by atoms with E-state index in [4.69, 9.17) is 0 Å². The fourth-order valence-corrected chi connectivity index (χ4v) is 4.30. The van der Waals surface area contributed by atoms with E-state index < -0.39 is 10.2 Å². The van der Waals surface area contributed by atoms with Gasteiger partial charge in [-0.1, -0.05) is 36.8 Å². The lowest BCUT2D eigenvalue weighted by molar-refractivity contribution is -0.126. The first-order valence-electron chi connectivity index (χ1n) is 8.80. The third kappa shape index (κ3) is 4.80. The first kappa shape index (κ1) is 19.9. The molecule has 7 heteroatoms. The number of piperidine rings is 1. The van der Waals surface area contributed by atoms with Gasteiger partial charge in [-0.25, -0.2) is 0 Å². The van der Waals surface area contributed by atoms with Crippen LogP contribution in [0.3, 0.4) is 0 Å². The molecule has 1 fully saturated rings. The Labute approximate surface area is 151 Å². The fraction of sp³-hybridized carbons (Fsp3) is 0.611. The molecule has 0 spiro atoms. The standard InChI is InChI=1S/C18H29N3O3S/c1-5-17(15-10-8-14(2)9-11-15)19-18(22)16-7-6-12-21(13-16)25(23,24)20(3)4/h8-11,16-17H,5-7,12-13H2,1-4H3,(H,19,22)/t16-,17+/m1/s1. The summed E-state index contributed by atoms with van der Waals surface area (Å²) >= 11 is 0. The first-order chi connectivity index (χ1) is 11.8. The van der Waals surface area contributed by atoms with Gasteiger partial charge in [0.2, 0.25) is 5.91 Å². The molecule has 0 radical (unpaired) electrons. The number of nitrogens with zero attached hydrogens (tertiary/aromatic N) is 2. The summed E-state index contributed by atoms with van der Waals surface area (Å²) < 4.78 is 27.2. The molecule has 0 bridgehead atoms. The summed E-state index contributed by atoms with van der Waals surface area (Å²) in [6, 6.07) is 8.10. The third-order valence-electron chi connectivity index (χ3n) is 4.75. The summed E-state index contributed by atoms with van der Waals surface area (Å²) in [5.41, 5.74) is 2.26. The van der Waals surface area contributed by atoms with Crippen LogP contribution < -0.4 is 5.32 Å². The summed E-state index contributed by atoms with van der Waals surface area (Å²) in [6.07, 6.45) is 2.21. The molecule has 25 heavy (non-hydrogen) atoms. The molecule has 1 aliphatic heterocycles. The molecular formula is C18H29N3O3S. The molecule has 1 N–H and O–H groups in total. The van der Waals surface area contributed by atoms with Gasteiger partial charge in [-0.2, -0.15) is 17.0 Å². The van der Waals surface area contributed by atoms with Gasteiger partial charge in [0.25, 0.3) is 10.2 Å². The molecule has 140 valence electrons. The van der Waals surface area contributed by atoms with E-state index in [1.54, 1.807) is 0 Å². The maximum atomic E-state index is 12.7. The number of carbonyl (C=O) groups excluding carboxylic acids is 1. The molecule has 2 rings (SSSR count). The monoisotopic (exact) mass is 367 g/mol. The molecule has 1 aliphatic rings. The summed E-state index contributed by atoms with van der Waals surface area (Å²) in [5, 5.41) is 3.10. The summed E-state index contributed by atoms with van der Waals surface area (Å²) in [7, 11) is -0.436. The Balaban J connectivity index is 2.05. The van der Waals surface area contributed by atoms with E-state index in [1.807, 2.05) is 38.1 Å². The second-order valence-corrected chi connectivity index (χ2v) is 9.01. The van der Waals surface area contributed by atoms with E-state index in [0.717, 1.165) is 18.4 Å². The summed E-state index contributed by atoms with van der Waals surface area (Å²) in [4.78, 5) is 12.7. The number of carbonyl (C=O) groups is 1. The van der Waals surface area contributed by atoms with Crippen molar-refractivity contribution in [2.75, 3.05) is 27.2 Å². The molecular weight excluding hydrogens is 338 g/mol. The van der Waals surface area contributed by atoms with Gasteiger partial charge in [-0.3, -0.25) is 4.79 Å². The topological polar surface area (TPSA) is 69.7 Å². The summed E-state index contributed by atoms with van der Waals surface area (Å²) in [5.74, 6) is -0.367. The van der Waals surface area contributed by atoms with Gasteiger partial charge in [0, 0.05) is 27.2 Å². The van der Waals surface area contributed by atoms with Crippen molar-refractivity contribution in [3.8, 4) is 0 Å². The highest BCUT2D eigenvalue weighted by Gasteiger charge is 2.34. The first-order valence-corrected chi connectivity index (χ1v) is 10.2. The number of hydrogen-bond donors (Lipinski definition) is 1. The van der Waals surface area contributed by atoms with Crippen molar-refractivity contribution in [3.05, 3.63) is 35.4 Å². The highest BCUT2D eigenvalue weighted by Crippen LogP contribution is 2.23. The third-order valence-corrected chi connectivity index (χ3v) is 6.65. The van der Waals surface area contributed by atoms with Crippen LogP contribution in [-0.2, 0) is 15.0 Å². The molecule has 2 atom stereocenters. The van der Waals surface area contributed by atoms with Crippen molar-refractivity contribution >= 4 is 16.1 Å². The van der Waals surface area contributed by atoms with Crippen LogP contribution in [0, 0.1) is 12.8 Å². The van der Waals surface area contributed by atoms with E-state index in [0.29, 0.717) is 13.0 Å². The minimum atomic E-state index is -3.47. The van der Waals surface area contributed by atoms with Gasteiger partial charge in [0.15, 0.2) is 0 Å². The molecule has 0 unspecified atom stereocenters. The minimum absolute atomic E-state index is 0.0473. The van der Waals surface area contributed by atoms with Gasteiger partial charge >= 0.3 is 0 Å². The second-order valence-electron chi connectivity index (χ2n) is 6.87. The lowest BCUT2D eigenvalue weighted by atomic mass is 9.97. The highest BCUT2D eigenvalue weighted by molar-refractivity contribution is 7.86. The molecule has 1 amide bonds. The molecule has 0 aliphatic carbocycles. The van der Waals surface area contributed by atoms with Crippen LogP contribution in [0.1, 0.15) is 43.4 Å². The Bertz CT molecular complexity index is 686. The number of hydrogen-bond acceptors (Lipinski definition) is 3. The molecule has 6 nitrogen and oxygen atoms in total. The lowest BCUT2D eigenvalue weighted by Crippen LogP contribution is -2.49. The zero-order valence-electron chi connectivity index (χ0n) is 15.5. The molecule has 1 aromatic rings. The minimum Gasteiger partial charge on any atom is -0.349 e. The van der Waals surface area contributed by atoms with E-state index in [-0.39, 0.29) is 24.4 Å². The smallest absolute Gasteiger partial charge is 0.281 e.